The van der Waals surface area contributed by atoms with Crippen molar-refractivity contribution in [2.75, 3.05) is 6.61 Å². The van der Waals surface area contributed by atoms with Crippen LogP contribution in [0.15, 0.2) is 54.9 Å². The predicted octanol–water partition coefficient (Wildman–Crippen LogP) is 3.22. The first-order valence-corrected chi connectivity index (χ1v) is 7.17. The number of benzene rings is 2. The van der Waals surface area contributed by atoms with Gasteiger partial charge in [-0.3, -0.25) is 4.98 Å². The van der Waals surface area contributed by atoms with Gasteiger partial charge in [0.25, 0.3) is 0 Å². The monoisotopic (exact) mass is 276 g/mol. The molecule has 2 heterocycles. The molecule has 0 radical (unpaired) electrons. The first kappa shape index (κ1) is 12.4. The molecule has 1 aliphatic heterocycles. The van der Waals surface area contributed by atoms with E-state index in [-0.39, 0.29) is 6.04 Å². The smallest absolute Gasteiger partial charge is 0.122 e. The second-order valence-electron chi connectivity index (χ2n) is 5.39. The minimum absolute atomic E-state index is 0.137. The van der Waals surface area contributed by atoms with Crippen LogP contribution in [-0.4, -0.2) is 11.6 Å². The average Bonchev–Trinajstić information content (AvgIpc) is 3.01. The van der Waals surface area contributed by atoms with E-state index < -0.39 is 0 Å². The zero-order valence-electron chi connectivity index (χ0n) is 11.6. The van der Waals surface area contributed by atoms with Gasteiger partial charge in [0, 0.05) is 24.2 Å². The van der Waals surface area contributed by atoms with Crippen LogP contribution in [-0.2, 0) is 6.42 Å². The van der Waals surface area contributed by atoms with Crippen molar-refractivity contribution < 1.29 is 4.74 Å². The van der Waals surface area contributed by atoms with Gasteiger partial charge in [0.05, 0.1) is 12.6 Å². The minimum atomic E-state index is -0.137. The molecule has 1 unspecified atom stereocenters. The van der Waals surface area contributed by atoms with E-state index >= 15 is 0 Å². The Morgan fingerprint density at radius 1 is 1.14 bits per heavy atom. The molecule has 2 N–H and O–H groups in total. The van der Waals surface area contributed by atoms with Crippen LogP contribution in [0.5, 0.6) is 5.75 Å². The van der Waals surface area contributed by atoms with Gasteiger partial charge in [-0.1, -0.05) is 30.3 Å². The fraction of sp³-hybridized carbons (Fsp3) is 0.167. The number of pyridine rings is 1. The third-order valence-corrected chi connectivity index (χ3v) is 4.12. The van der Waals surface area contributed by atoms with E-state index in [1.807, 2.05) is 30.6 Å². The van der Waals surface area contributed by atoms with E-state index in [0.29, 0.717) is 0 Å². The number of fused-ring (bicyclic) bond motifs is 2. The van der Waals surface area contributed by atoms with Crippen LogP contribution in [0.4, 0.5) is 0 Å². The lowest BCUT2D eigenvalue weighted by Gasteiger charge is -2.16. The topological polar surface area (TPSA) is 48.1 Å². The molecule has 0 amide bonds. The molecule has 1 atom stereocenters. The van der Waals surface area contributed by atoms with Gasteiger partial charge in [-0.05, 0) is 34.2 Å². The van der Waals surface area contributed by atoms with Crippen LogP contribution >= 0.6 is 0 Å². The molecule has 3 nitrogen and oxygen atoms in total. The van der Waals surface area contributed by atoms with Crippen molar-refractivity contribution in [3.05, 3.63) is 71.5 Å². The van der Waals surface area contributed by atoms with Crippen LogP contribution < -0.4 is 10.5 Å². The lowest BCUT2D eigenvalue weighted by atomic mass is 9.94. The molecule has 0 saturated carbocycles. The first-order valence-electron chi connectivity index (χ1n) is 7.17. The summed E-state index contributed by atoms with van der Waals surface area (Å²) in [4.78, 5) is 4.18. The molecule has 3 heteroatoms. The van der Waals surface area contributed by atoms with Crippen LogP contribution in [0.1, 0.15) is 22.7 Å². The summed E-state index contributed by atoms with van der Waals surface area (Å²) in [6, 6.07) is 14.4. The van der Waals surface area contributed by atoms with Gasteiger partial charge in [-0.2, -0.15) is 0 Å². The van der Waals surface area contributed by atoms with Gasteiger partial charge in [0.2, 0.25) is 0 Å². The molecule has 3 aromatic rings. The van der Waals surface area contributed by atoms with E-state index in [1.54, 1.807) is 0 Å². The highest BCUT2D eigenvalue weighted by atomic mass is 16.5. The number of aromatic nitrogens is 1. The van der Waals surface area contributed by atoms with Crippen LogP contribution in [0.2, 0.25) is 0 Å². The Balaban J connectivity index is 1.81. The summed E-state index contributed by atoms with van der Waals surface area (Å²) >= 11 is 0. The standard InChI is InChI=1S/C18H16N2O/c19-18(13-4-5-17-12(10-13)7-9-21-17)16-3-1-2-14-11-20-8-6-15(14)16/h1-6,8,10-11,18H,7,9,19H2. The normalized spacial score (nSPS) is 14.7. The zero-order chi connectivity index (χ0) is 14.2. The van der Waals surface area contributed by atoms with E-state index in [1.165, 1.54) is 5.56 Å². The number of hydrogen-bond acceptors (Lipinski definition) is 3. The molecule has 0 saturated heterocycles. The van der Waals surface area contributed by atoms with Gasteiger partial charge in [0.15, 0.2) is 0 Å². The molecule has 0 spiro atoms. The van der Waals surface area contributed by atoms with Crippen molar-refractivity contribution in [2.45, 2.75) is 12.5 Å². The maximum atomic E-state index is 6.52. The lowest BCUT2D eigenvalue weighted by molar-refractivity contribution is 0.357. The number of ether oxygens (including phenoxy) is 1. The fourth-order valence-electron chi connectivity index (χ4n) is 3.00. The van der Waals surface area contributed by atoms with Crippen molar-refractivity contribution in [1.29, 1.82) is 0 Å². The van der Waals surface area contributed by atoms with Gasteiger partial charge >= 0.3 is 0 Å². The Hall–Kier alpha value is -2.39. The predicted molar refractivity (Wildman–Crippen MR) is 83.4 cm³/mol. The van der Waals surface area contributed by atoms with Crippen molar-refractivity contribution >= 4 is 10.8 Å². The number of nitrogens with zero attached hydrogens (tertiary/aromatic N) is 1. The molecule has 104 valence electrons. The molecule has 0 fully saturated rings. The zero-order valence-corrected chi connectivity index (χ0v) is 11.6. The number of hydrogen-bond donors (Lipinski definition) is 1. The van der Waals surface area contributed by atoms with Crippen LogP contribution in [0, 0.1) is 0 Å². The Morgan fingerprint density at radius 3 is 3.05 bits per heavy atom. The summed E-state index contributed by atoms with van der Waals surface area (Å²) < 4.78 is 5.56. The van der Waals surface area contributed by atoms with E-state index in [9.17, 15) is 0 Å². The Kier molecular flexibility index (Phi) is 2.86. The maximum Gasteiger partial charge on any atom is 0.122 e. The Bertz CT molecular complexity index is 808. The molecule has 0 aliphatic carbocycles. The van der Waals surface area contributed by atoms with Gasteiger partial charge in [-0.15, -0.1) is 0 Å². The highest BCUT2D eigenvalue weighted by Crippen LogP contribution is 2.31. The van der Waals surface area contributed by atoms with E-state index in [4.69, 9.17) is 10.5 Å². The van der Waals surface area contributed by atoms with Gasteiger partial charge in [0.1, 0.15) is 5.75 Å². The number of rotatable bonds is 2. The lowest BCUT2D eigenvalue weighted by Crippen LogP contribution is -2.12. The van der Waals surface area contributed by atoms with Crippen LogP contribution in [0.3, 0.4) is 0 Å². The third-order valence-electron chi connectivity index (χ3n) is 4.12. The summed E-state index contributed by atoms with van der Waals surface area (Å²) in [6.45, 7) is 0.772. The van der Waals surface area contributed by atoms with E-state index in [2.05, 4.69) is 29.2 Å². The van der Waals surface area contributed by atoms with Crippen molar-refractivity contribution in [3.8, 4) is 5.75 Å². The second kappa shape index (κ2) is 4.86. The first-order chi connectivity index (χ1) is 10.3. The van der Waals surface area contributed by atoms with Crippen LogP contribution in [0.25, 0.3) is 10.8 Å². The molecule has 21 heavy (non-hydrogen) atoms. The Morgan fingerprint density at radius 2 is 2.10 bits per heavy atom. The summed E-state index contributed by atoms with van der Waals surface area (Å²) in [6.07, 6.45) is 4.66. The van der Waals surface area contributed by atoms with Crippen molar-refractivity contribution in [3.63, 3.8) is 0 Å². The van der Waals surface area contributed by atoms with Crippen molar-refractivity contribution in [2.24, 2.45) is 5.73 Å². The Labute approximate surface area is 123 Å². The summed E-state index contributed by atoms with van der Waals surface area (Å²) in [5, 5.41) is 2.28. The summed E-state index contributed by atoms with van der Waals surface area (Å²) in [5.74, 6) is 0.994. The number of nitrogens with two attached hydrogens (primary N) is 1. The van der Waals surface area contributed by atoms with E-state index in [0.717, 1.165) is 40.7 Å². The highest BCUT2D eigenvalue weighted by Gasteiger charge is 2.17. The quantitative estimate of drug-likeness (QED) is 0.781. The summed E-state index contributed by atoms with van der Waals surface area (Å²) in [5.41, 5.74) is 10.0. The second-order valence-corrected chi connectivity index (χ2v) is 5.39. The molecule has 4 rings (SSSR count). The molecular formula is C18H16N2O. The molecule has 1 aliphatic rings. The summed E-state index contributed by atoms with van der Waals surface area (Å²) in [7, 11) is 0. The molecule has 0 bridgehead atoms. The minimum Gasteiger partial charge on any atom is -0.493 e. The van der Waals surface area contributed by atoms with Crippen molar-refractivity contribution in [1.82, 2.24) is 4.98 Å². The largest absolute Gasteiger partial charge is 0.493 e. The highest BCUT2D eigenvalue weighted by molar-refractivity contribution is 5.85. The van der Waals surface area contributed by atoms with Gasteiger partial charge in [-0.25, -0.2) is 0 Å². The maximum absolute atomic E-state index is 6.52. The SMILES string of the molecule is NC(c1ccc2c(c1)CCO2)c1cccc2cnccc12. The van der Waals surface area contributed by atoms with Gasteiger partial charge < -0.3 is 10.5 Å². The molecule has 1 aromatic heterocycles. The third kappa shape index (κ3) is 2.06. The molecule has 2 aromatic carbocycles. The fourth-order valence-corrected chi connectivity index (χ4v) is 3.00. The molecular weight excluding hydrogens is 260 g/mol. The average molecular weight is 276 g/mol.